The fraction of sp³-hybridized carbons (Fsp3) is 0.400. The summed E-state index contributed by atoms with van der Waals surface area (Å²) in [6.45, 7) is 7.31. The molecule has 0 radical (unpaired) electrons. The zero-order valence-corrected chi connectivity index (χ0v) is 14.6. The predicted molar refractivity (Wildman–Crippen MR) is 87.7 cm³/mol. The van der Waals surface area contributed by atoms with Gasteiger partial charge < -0.3 is 14.6 Å². The van der Waals surface area contributed by atoms with E-state index in [1.54, 1.807) is 0 Å². The molecule has 122 valence electrons. The van der Waals surface area contributed by atoms with Crippen molar-refractivity contribution in [1.29, 1.82) is 0 Å². The molecule has 1 rings (SSSR count). The van der Waals surface area contributed by atoms with Crippen molar-refractivity contribution < 1.29 is 23.8 Å². The quantitative estimate of drug-likeness (QED) is 0.330. The van der Waals surface area contributed by atoms with Crippen molar-refractivity contribution in [2.24, 2.45) is 0 Å². The first-order valence-corrected chi connectivity index (χ1v) is 10.9. The van der Waals surface area contributed by atoms with Crippen molar-refractivity contribution in [2.45, 2.75) is 25.7 Å². The Balaban J connectivity index is 2.70. The number of ether oxygens (including phenoxy) is 2. The van der Waals surface area contributed by atoms with Crippen LogP contribution in [0.1, 0.15) is 5.56 Å². The van der Waals surface area contributed by atoms with Crippen LogP contribution >= 0.6 is 11.6 Å². The number of aliphatic carboxylic acids is 1. The van der Waals surface area contributed by atoms with E-state index >= 15 is 0 Å². The van der Waals surface area contributed by atoms with Crippen molar-refractivity contribution in [3.63, 3.8) is 0 Å². The van der Waals surface area contributed by atoms with Crippen LogP contribution in [0.25, 0.3) is 6.08 Å². The molecule has 0 aliphatic rings. The van der Waals surface area contributed by atoms with Crippen molar-refractivity contribution in [2.75, 3.05) is 13.4 Å². The highest BCUT2D eigenvalue weighted by atomic mass is 35.5. The fourth-order valence-corrected chi connectivity index (χ4v) is 2.50. The van der Waals surface area contributed by atoms with Gasteiger partial charge in [0.15, 0.2) is 6.79 Å². The summed E-state index contributed by atoms with van der Waals surface area (Å²) >= 11 is 5.85. The van der Waals surface area contributed by atoms with Crippen molar-refractivity contribution >= 4 is 31.7 Å². The molecule has 22 heavy (non-hydrogen) atoms. The minimum atomic E-state index is -1.17. The molecule has 0 aromatic heterocycles. The van der Waals surface area contributed by atoms with E-state index < -0.39 is 19.9 Å². The number of rotatable bonds is 8. The van der Waals surface area contributed by atoms with Crippen molar-refractivity contribution in [3.05, 3.63) is 34.6 Å². The molecule has 0 atom stereocenters. The lowest BCUT2D eigenvalue weighted by Crippen LogP contribution is -2.22. The molecule has 0 amide bonds. The van der Waals surface area contributed by atoms with Crippen LogP contribution in [0.2, 0.25) is 30.7 Å². The Hall–Kier alpha value is -1.37. The third kappa shape index (κ3) is 6.59. The Bertz CT molecular complexity index is 555. The SMILES string of the molecule is C[Si](C)(C)CCOCOc1ccc(F)c(Cl)c1/C=C/C(=O)O. The van der Waals surface area contributed by atoms with Crippen LogP contribution in [-0.2, 0) is 9.53 Å². The van der Waals surface area contributed by atoms with Gasteiger partial charge in [0, 0.05) is 26.3 Å². The molecule has 0 aliphatic heterocycles. The maximum Gasteiger partial charge on any atom is 0.328 e. The summed E-state index contributed by atoms with van der Waals surface area (Å²) in [5, 5.41) is 8.48. The lowest BCUT2D eigenvalue weighted by Gasteiger charge is -2.16. The molecule has 0 aliphatic carbocycles. The van der Waals surface area contributed by atoms with Gasteiger partial charge in [-0.15, -0.1) is 0 Å². The number of benzene rings is 1. The first-order valence-electron chi connectivity index (χ1n) is 6.80. The average Bonchev–Trinajstić information content (AvgIpc) is 2.40. The van der Waals surface area contributed by atoms with Crippen molar-refractivity contribution in [3.8, 4) is 5.75 Å². The molecule has 7 heteroatoms. The van der Waals surface area contributed by atoms with Crippen molar-refractivity contribution in [1.82, 2.24) is 0 Å². The molecule has 1 N–H and O–H groups in total. The molecular weight excluding hydrogens is 327 g/mol. The lowest BCUT2D eigenvalue weighted by molar-refractivity contribution is -0.131. The van der Waals surface area contributed by atoms with E-state index in [0.29, 0.717) is 6.61 Å². The van der Waals surface area contributed by atoms with Gasteiger partial charge in [-0.05, 0) is 24.3 Å². The molecule has 0 bridgehead atoms. The highest BCUT2D eigenvalue weighted by Gasteiger charge is 2.13. The second kappa shape index (κ2) is 8.31. The lowest BCUT2D eigenvalue weighted by atomic mass is 10.1. The van der Waals surface area contributed by atoms with Gasteiger partial charge in [0.1, 0.15) is 11.6 Å². The highest BCUT2D eigenvalue weighted by Crippen LogP contribution is 2.30. The largest absolute Gasteiger partial charge is 0.478 e. The van der Waals surface area contributed by atoms with Gasteiger partial charge >= 0.3 is 5.97 Å². The topological polar surface area (TPSA) is 55.8 Å². The maximum absolute atomic E-state index is 13.5. The summed E-state index contributed by atoms with van der Waals surface area (Å²) in [7, 11) is -1.17. The summed E-state index contributed by atoms with van der Waals surface area (Å²) in [6.07, 6.45) is 2.07. The fourth-order valence-electron chi connectivity index (χ4n) is 1.53. The third-order valence-corrected chi connectivity index (χ3v) is 4.87. The van der Waals surface area contributed by atoms with E-state index in [1.165, 1.54) is 12.1 Å². The summed E-state index contributed by atoms with van der Waals surface area (Å²) in [5.41, 5.74) is 0.179. The molecule has 4 nitrogen and oxygen atoms in total. The van der Waals surface area contributed by atoms with E-state index in [2.05, 4.69) is 19.6 Å². The van der Waals surface area contributed by atoms with E-state index in [4.69, 9.17) is 26.2 Å². The predicted octanol–water partition coefficient (Wildman–Crippen LogP) is 4.27. The minimum Gasteiger partial charge on any atom is -0.478 e. The summed E-state index contributed by atoms with van der Waals surface area (Å²) in [5.74, 6) is -1.52. The minimum absolute atomic E-state index is 0.000350. The number of carboxylic acids is 1. The van der Waals surface area contributed by atoms with Gasteiger partial charge in [0.25, 0.3) is 0 Å². The Labute approximate surface area is 135 Å². The van der Waals surface area contributed by atoms with E-state index in [9.17, 15) is 9.18 Å². The number of carbonyl (C=O) groups is 1. The standard InChI is InChI=1S/C15H20ClFO4Si/c1-22(2,3)9-8-20-10-21-13-6-5-12(17)15(16)11(13)4-7-14(18)19/h4-7H,8-10H2,1-3H3,(H,18,19)/b7-4+. The van der Waals surface area contributed by atoms with Gasteiger partial charge in [0.2, 0.25) is 0 Å². The van der Waals surface area contributed by atoms with E-state index in [0.717, 1.165) is 18.2 Å². The summed E-state index contributed by atoms with van der Waals surface area (Å²) in [6, 6.07) is 3.56. The van der Waals surface area contributed by atoms with Gasteiger partial charge in [-0.3, -0.25) is 0 Å². The molecule has 1 aromatic carbocycles. The zero-order chi connectivity index (χ0) is 16.8. The normalized spacial score (nSPS) is 11.9. The molecule has 0 heterocycles. The van der Waals surface area contributed by atoms with Crippen LogP contribution in [0.3, 0.4) is 0 Å². The second-order valence-electron chi connectivity index (χ2n) is 5.93. The summed E-state index contributed by atoms with van der Waals surface area (Å²) < 4.78 is 24.3. The van der Waals surface area contributed by atoms with E-state index in [1.807, 2.05) is 0 Å². The number of halogens is 2. The third-order valence-electron chi connectivity index (χ3n) is 2.78. The van der Waals surface area contributed by atoms with Gasteiger partial charge in [-0.1, -0.05) is 31.2 Å². The Morgan fingerprint density at radius 1 is 1.41 bits per heavy atom. The number of carboxylic acid groups (broad SMARTS) is 1. The van der Waals surface area contributed by atoms with Crippen LogP contribution < -0.4 is 4.74 Å². The highest BCUT2D eigenvalue weighted by molar-refractivity contribution is 6.76. The monoisotopic (exact) mass is 346 g/mol. The van der Waals surface area contributed by atoms with Gasteiger partial charge in [0.05, 0.1) is 5.02 Å². The molecule has 0 saturated heterocycles. The molecule has 0 fully saturated rings. The average molecular weight is 347 g/mol. The summed E-state index contributed by atoms with van der Waals surface area (Å²) in [4.78, 5) is 10.6. The Morgan fingerprint density at radius 2 is 2.09 bits per heavy atom. The maximum atomic E-state index is 13.5. The van der Waals surface area contributed by atoms with Gasteiger partial charge in [-0.25, -0.2) is 9.18 Å². The van der Waals surface area contributed by atoms with Crippen LogP contribution in [0.4, 0.5) is 4.39 Å². The van der Waals surface area contributed by atoms with Crippen LogP contribution in [-0.4, -0.2) is 32.5 Å². The van der Waals surface area contributed by atoms with Crippen LogP contribution in [0.5, 0.6) is 5.75 Å². The molecular formula is C15H20ClFO4Si. The molecule has 0 spiro atoms. The number of hydrogen-bond donors (Lipinski definition) is 1. The van der Waals surface area contributed by atoms with Crippen LogP contribution in [0, 0.1) is 5.82 Å². The first kappa shape index (κ1) is 18.7. The molecule has 0 unspecified atom stereocenters. The smallest absolute Gasteiger partial charge is 0.328 e. The molecule has 1 aromatic rings. The second-order valence-corrected chi connectivity index (χ2v) is 11.9. The zero-order valence-electron chi connectivity index (χ0n) is 12.9. The molecule has 0 saturated carbocycles. The number of hydrogen-bond acceptors (Lipinski definition) is 3. The van der Waals surface area contributed by atoms with Gasteiger partial charge in [-0.2, -0.15) is 0 Å². The van der Waals surface area contributed by atoms with E-state index in [-0.39, 0.29) is 23.1 Å². The Kier molecular flexibility index (Phi) is 7.05. The van der Waals surface area contributed by atoms with Crippen LogP contribution in [0.15, 0.2) is 18.2 Å². The Morgan fingerprint density at radius 3 is 2.68 bits per heavy atom. The first-order chi connectivity index (χ1) is 10.2.